The topological polar surface area (TPSA) is 56.7 Å². The number of rotatable bonds is 7. The summed E-state index contributed by atoms with van der Waals surface area (Å²) in [5.74, 6) is 0. The third-order valence-electron chi connectivity index (χ3n) is 3.64. The van der Waals surface area contributed by atoms with Gasteiger partial charge in [-0.3, -0.25) is 0 Å². The van der Waals surface area contributed by atoms with Crippen LogP contribution in [0, 0.1) is 0 Å². The van der Waals surface area contributed by atoms with Crippen LogP contribution in [0.2, 0.25) is 0 Å². The number of nitrogens with zero attached hydrogens (tertiary/aromatic N) is 3. The van der Waals surface area contributed by atoms with Crippen LogP contribution in [0.4, 0.5) is 0 Å². The summed E-state index contributed by atoms with van der Waals surface area (Å²) in [7, 11) is 0. The van der Waals surface area contributed by atoms with E-state index in [1.54, 1.807) is 4.68 Å². The van der Waals surface area contributed by atoms with E-state index in [0.717, 1.165) is 23.9 Å². The quantitative estimate of drug-likeness (QED) is 0.832. The molecule has 2 rings (SSSR count). The SMILES string of the molecule is CCCCc1ccc2c(nnn2CN)c1CCCC. The summed E-state index contributed by atoms with van der Waals surface area (Å²) in [6.45, 7) is 4.84. The van der Waals surface area contributed by atoms with Crippen LogP contribution in [0.1, 0.15) is 50.7 Å². The molecule has 4 nitrogen and oxygen atoms in total. The van der Waals surface area contributed by atoms with Crippen molar-refractivity contribution in [3.05, 3.63) is 23.3 Å². The van der Waals surface area contributed by atoms with E-state index < -0.39 is 0 Å². The van der Waals surface area contributed by atoms with Crippen molar-refractivity contribution in [2.24, 2.45) is 5.73 Å². The van der Waals surface area contributed by atoms with E-state index in [1.165, 1.54) is 36.8 Å². The predicted octanol–water partition coefficient (Wildman–Crippen LogP) is 3.03. The molecule has 2 N–H and O–H groups in total. The minimum absolute atomic E-state index is 0.387. The van der Waals surface area contributed by atoms with E-state index in [1.807, 2.05) is 0 Å². The lowest BCUT2D eigenvalue weighted by atomic mass is 9.96. The molecular weight excluding hydrogens is 236 g/mol. The van der Waals surface area contributed by atoms with Gasteiger partial charge in [0.2, 0.25) is 0 Å². The van der Waals surface area contributed by atoms with Gasteiger partial charge in [-0.15, -0.1) is 5.10 Å². The maximum Gasteiger partial charge on any atom is 0.116 e. The molecule has 4 heteroatoms. The zero-order valence-electron chi connectivity index (χ0n) is 12.0. The number of fused-ring (bicyclic) bond motifs is 1. The molecular formula is C15H24N4. The van der Waals surface area contributed by atoms with E-state index >= 15 is 0 Å². The third kappa shape index (κ3) is 2.95. The van der Waals surface area contributed by atoms with Gasteiger partial charge in [-0.25, -0.2) is 4.68 Å². The van der Waals surface area contributed by atoms with E-state index in [4.69, 9.17) is 5.73 Å². The van der Waals surface area contributed by atoms with Crippen molar-refractivity contribution in [1.29, 1.82) is 0 Å². The molecule has 0 spiro atoms. The second kappa shape index (κ2) is 6.66. The monoisotopic (exact) mass is 260 g/mol. The Labute approximate surface area is 115 Å². The summed E-state index contributed by atoms with van der Waals surface area (Å²) >= 11 is 0. The lowest BCUT2D eigenvalue weighted by Gasteiger charge is -2.10. The average molecular weight is 260 g/mol. The smallest absolute Gasteiger partial charge is 0.116 e. The van der Waals surface area contributed by atoms with Crippen LogP contribution in [0.15, 0.2) is 12.1 Å². The molecule has 2 aromatic rings. The number of hydrogen-bond acceptors (Lipinski definition) is 3. The van der Waals surface area contributed by atoms with E-state index in [-0.39, 0.29) is 0 Å². The van der Waals surface area contributed by atoms with Gasteiger partial charge in [0.15, 0.2) is 0 Å². The Morgan fingerprint density at radius 1 is 1.11 bits per heavy atom. The summed E-state index contributed by atoms with van der Waals surface area (Å²) in [6, 6.07) is 4.35. The average Bonchev–Trinajstić information content (AvgIpc) is 2.86. The van der Waals surface area contributed by atoms with Gasteiger partial charge in [0, 0.05) is 0 Å². The van der Waals surface area contributed by atoms with Crippen LogP contribution in [0.25, 0.3) is 11.0 Å². The van der Waals surface area contributed by atoms with Crippen LogP contribution >= 0.6 is 0 Å². The molecule has 0 saturated heterocycles. The first kappa shape index (κ1) is 14.0. The van der Waals surface area contributed by atoms with Gasteiger partial charge in [-0.2, -0.15) is 0 Å². The normalized spacial score (nSPS) is 11.3. The molecule has 0 saturated carbocycles. The van der Waals surface area contributed by atoms with Crippen molar-refractivity contribution < 1.29 is 0 Å². The van der Waals surface area contributed by atoms with E-state index in [9.17, 15) is 0 Å². The lowest BCUT2D eigenvalue weighted by molar-refractivity contribution is 0.627. The van der Waals surface area contributed by atoms with Gasteiger partial charge in [0.05, 0.1) is 12.2 Å². The van der Waals surface area contributed by atoms with Crippen LogP contribution in [-0.2, 0) is 19.5 Å². The Balaban J connectivity index is 2.43. The Morgan fingerprint density at radius 2 is 1.84 bits per heavy atom. The first-order valence-corrected chi connectivity index (χ1v) is 7.35. The van der Waals surface area contributed by atoms with E-state index in [2.05, 4.69) is 36.3 Å². The largest absolute Gasteiger partial charge is 0.312 e. The molecule has 0 amide bonds. The molecule has 0 atom stereocenters. The summed E-state index contributed by atoms with van der Waals surface area (Å²) in [4.78, 5) is 0. The number of benzene rings is 1. The molecule has 0 bridgehead atoms. The Kier molecular flexibility index (Phi) is 4.91. The molecule has 0 aliphatic rings. The van der Waals surface area contributed by atoms with Crippen molar-refractivity contribution in [3.63, 3.8) is 0 Å². The highest BCUT2D eigenvalue weighted by Gasteiger charge is 2.12. The predicted molar refractivity (Wildman–Crippen MR) is 78.9 cm³/mol. The number of hydrogen-bond donors (Lipinski definition) is 1. The van der Waals surface area contributed by atoms with Gasteiger partial charge >= 0.3 is 0 Å². The summed E-state index contributed by atoms with van der Waals surface area (Å²) < 4.78 is 1.77. The highest BCUT2D eigenvalue weighted by atomic mass is 15.4. The first-order chi connectivity index (χ1) is 9.31. The zero-order valence-corrected chi connectivity index (χ0v) is 12.0. The summed E-state index contributed by atoms with van der Waals surface area (Å²) in [6.07, 6.45) is 7.09. The molecule has 0 unspecified atom stereocenters. The fraction of sp³-hybridized carbons (Fsp3) is 0.600. The van der Waals surface area contributed by atoms with Crippen LogP contribution < -0.4 is 5.73 Å². The molecule has 0 fully saturated rings. The van der Waals surface area contributed by atoms with Crippen molar-refractivity contribution in [3.8, 4) is 0 Å². The van der Waals surface area contributed by atoms with Gasteiger partial charge in [0.25, 0.3) is 0 Å². The fourth-order valence-corrected chi connectivity index (χ4v) is 2.50. The molecule has 0 radical (unpaired) electrons. The number of aryl methyl sites for hydroxylation is 2. The molecule has 0 aliphatic heterocycles. The fourth-order valence-electron chi connectivity index (χ4n) is 2.50. The first-order valence-electron chi connectivity index (χ1n) is 7.35. The van der Waals surface area contributed by atoms with Crippen molar-refractivity contribution >= 4 is 11.0 Å². The number of aromatic nitrogens is 3. The van der Waals surface area contributed by atoms with Gasteiger partial charge in [-0.1, -0.05) is 38.0 Å². The Hall–Kier alpha value is -1.42. The van der Waals surface area contributed by atoms with Crippen molar-refractivity contribution in [2.45, 2.75) is 59.0 Å². The molecule has 104 valence electrons. The van der Waals surface area contributed by atoms with Crippen LogP contribution in [-0.4, -0.2) is 15.0 Å². The summed E-state index contributed by atoms with van der Waals surface area (Å²) in [5.41, 5.74) is 10.6. The molecule has 1 aromatic carbocycles. The maximum absolute atomic E-state index is 5.69. The molecule has 1 heterocycles. The minimum Gasteiger partial charge on any atom is -0.312 e. The second-order valence-corrected chi connectivity index (χ2v) is 5.05. The van der Waals surface area contributed by atoms with Crippen LogP contribution in [0.3, 0.4) is 0 Å². The van der Waals surface area contributed by atoms with Gasteiger partial charge in [0.1, 0.15) is 5.52 Å². The highest BCUT2D eigenvalue weighted by Crippen LogP contribution is 2.23. The maximum atomic E-state index is 5.69. The Morgan fingerprint density at radius 3 is 2.53 bits per heavy atom. The van der Waals surface area contributed by atoms with E-state index in [0.29, 0.717) is 6.67 Å². The van der Waals surface area contributed by atoms with Crippen molar-refractivity contribution in [2.75, 3.05) is 0 Å². The van der Waals surface area contributed by atoms with Gasteiger partial charge < -0.3 is 5.73 Å². The van der Waals surface area contributed by atoms with Gasteiger partial charge in [-0.05, 0) is 42.9 Å². The van der Waals surface area contributed by atoms with Crippen molar-refractivity contribution in [1.82, 2.24) is 15.0 Å². The number of nitrogens with two attached hydrogens (primary N) is 1. The standard InChI is InChI=1S/C15H24N4/c1-3-5-7-12-9-10-14-15(13(12)8-6-4-2)17-18-19(14)11-16/h9-10H,3-8,11,16H2,1-2H3. The Bertz CT molecular complexity index is 530. The lowest BCUT2D eigenvalue weighted by Crippen LogP contribution is -2.08. The third-order valence-corrected chi connectivity index (χ3v) is 3.64. The minimum atomic E-state index is 0.387. The molecule has 0 aliphatic carbocycles. The summed E-state index contributed by atoms with van der Waals surface area (Å²) in [5, 5.41) is 8.49. The second-order valence-electron chi connectivity index (χ2n) is 5.05. The molecule has 19 heavy (non-hydrogen) atoms. The zero-order chi connectivity index (χ0) is 13.7. The number of unbranched alkanes of at least 4 members (excludes halogenated alkanes) is 2. The highest BCUT2D eigenvalue weighted by molar-refractivity contribution is 5.79. The van der Waals surface area contributed by atoms with Crippen LogP contribution in [0.5, 0.6) is 0 Å². The molecule has 1 aromatic heterocycles.